The zero-order valence-corrected chi connectivity index (χ0v) is 10.8. The summed E-state index contributed by atoms with van der Waals surface area (Å²) < 4.78 is 38.4. The number of halogens is 3. The van der Waals surface area contributed by atoms with E-state index >= 15 is 0 Å². The average Bonchev–Trinajstić information content (AvgIpc) is 2.29. The SMILES string of the molecule is CC(C)N(CCC#N)c1ccc(N)c(C(F)(F)F)c1. The standard InChI is InChI=1S/C13H16F3N3/c1-9(2)19(7-3-6-17)10-4-5-12(18)11(8-10)13(14,15)16/h4-5,8-9H,3,7,18H2,1-2H3. The first-order valence-electron chi connectivity index (χ1n) is 5.87. The van der Waals surface area contributed by atoms with E-state index in [4.69, 9.17) is 11.0 Å². The molecule has 3 nitrogen and oxygen atoms in total. The molecule has 0 atom stereocenters. The van der Waals surface area contributed by atoms with Crippen molar-refractivity contribution in [1.29, 1.82) is 5.26 Å². The Labute approximate surface area is 110 Å². The van der Waals surface area contributed by atoms with Crippen LogP contribution in [-0.4, -0.2) is 12.6 Å². The van der Waals surface area contributed by atoms with Gasteiger partial charge in [-0.3, -0.25) is 0 Å². The van der Waals surface area contributed by atoms with E-state index in [0.717, 1.165) is 6.07 Å². The number of nitrogen functional groups attached to an aromatic ring is 1. The lowest BCUT2D eigenvalue weighted by Crippen LogP contribution is -2.31. The Kier molecular flexibility index (Phi) is 4.65. The van der Waals surface area contributed by atoms with Gasteiger partial charge in [-0.15, -0.1) is 0 Å². The second-order valence-corrected chi connectivity index (χ2v) is 4.46. The third-order valence-corrected chi connectivity index (χ3v) is 2.76. The van der Waals surface area contributed by atoms with Crippen LogP contribution in [0.5, 0.6) is 0 Å². The van der Waals surface area contributed by atoms with Gasteiger partial charge >= 0.3 is 6.18 Å². The number of alkyl halides is 3. The number of nitrogens with two attached hydrogens (primary N) is 1. The fraction of sp³-hybridized carbons (Fsp3) is 0.462. The summed E-state index contributed by atoms with van der Waals surface area (Å²) in [5.41, 5.74) is 4.65. The molecule has 0 fully saturated rings. The Balaban J connectivity index is 3.15. The van der Waals surface area contributed by atoms with Crippen LogP contribution in [0.25, 0.3) is 0 Å². The summed E-state index contributed by atoms with van der Waals surface area (Å²) >= 11 is 0. The van der Waals surface area contributed by atoms with E-state index in [-0.39, 0.29) is 18.2 Å². The van der Waals surface area contributed by atoms with Gasteiger partial charge in [-0.05, 0) is 32.0 Å². The zero-order chi connectivity index (χ0) is 14.6. The van der Waals surface area contributed by atoms with Crippen molar-refractivity contribution in [2.24, 2.45) is 0 Å². The lowest BCUT2D eigenvalue weighted by atomic mass is 10.1. The quantitative estimate of drug-likeness (QED) is 0.854. The zero-order valence-electron chi connectivity index (χ0n) is 10.8. The van der Waals surface area contributed by atoms with Crippen LogP contribution in [0.4, 0.5) is 24.5 Å². The van der Waals surface area contributed by atoms with Crippen molar-refractivity contribution < 1.29 is 13.2 Å². The maximum Gasteiger partial charge on any atom is 0.418 e. The van der Waals surface area contributed by atoms with Crippen LogP contribution in [-0.2, 0) is 6.18 Å². The molecule has 0 aliphatic carbocycles. The summed E-state index contributed by atoms with van der Waals surface area (Å²) in [4.78, 5) is 1.75. The van der Waals surface area contributed by atoms with E-state index in [0.29, 0.717) is 12.2 Å². The molecule has 0 unspecified atom stereocenters. The Morgan fingerprint density at radius 2 is 2.00 bits per heavy atom. The molecule has 0 heterocycles. The van der Waals surface area contributed by atoms with Gasteiger partial charge in [0.15, 0.2) is 0 Å². The fourth-order valence-electron chi connectivity index (χ4n) is 1.82. The second kappa shape index (κ2) is 5.83. The van der Waals surface area contributed by atoms with Crippen LogP contribution in [0, 0.1) is 11.3 Å². The second-order valence-electron chi connectivity index (χ2n) is 4.46. The number of rotatable bonds is 4. The van der Waals surface area contributed by atoms with E-state index < -0.39 is 11.7 Å². The lowest BCUT2D eigenvalue weighted by Gasteiger charge is -2.29. The molecule has 0 aliphatic rings. The normalized spacial score (nSPS) is 11.4. The number of nitrogens with zero attached hydrogens (tertiary/aromatic N) is 2. The van der Waals surface area contributed by atoms with Crippen molar-refractivity contribution in [2.75, 3.05) is 17.2 Å². The van der Waals surface area contributed by atoms with Crippen LogP contribution >= 0.6 is 0 Å². The predicted molar refractivity (Wildman–Crippen MR) is 68.6 cm³/mol. The van der Waals surface area contributed by atoms with E-state index in [9.17, 15) is 13.2 Å². The highest BCUT2D eigenvalue weighted by atomic mass is 19.4. The van der Waals surface area contributed by atoms with Crippen LogP contribution in [0.3, 0.4) is 0 Å². The first-order valence-corrected chi connectivity index (χ1v) is 5.87. The summed E-state index contributed by atoms with van der Waals surface area (Å²) in [5.74, 6) is 0. The first kappa shape index (κ1) is 15.2. The summed E-state index contributed by atoms with van der Waals surface area (Å²) in [6.45, 7) is 4.11. The smallest absolute Gasteiger partial charge is 0.398 e. The molecule has 1 aromatic carbocycles. The Morgan fingerprint density at radius 1 is 1.37 bits per heavy atom. The molecule has 0 bridgehead atoms. The number of anilines is 2. The Bertz CT molecular complexity index is 475. The van der Waals surface area contributed by atoms with Gasteiger partial charge in [0, 0.05) is 24.0 Å². The van der Waals surface area contributed by atoms with Gasteiger partial charge in [0.1, 0.15) is 0 Å². The summed E-state index contributed by atoms with van der Waals surface area (Å²) in [6, 6.07) is 5.82. The molecule has 0 saturated heterocycles. The highest BCUT2D eigenvalue weighted by Crippen LogP contribution is 2.36. The minimum absolute atomic E-state index is 0.00180. The molecule has 6 heteroatoms. The van der Waals surface area contributed by atoms with Gasteiger partial charge in [0.25, 0.3) is 0 Å². The molecule has 2 N–H and O–H groups in total. The van der Waals surface area contributed by atoms with Gasteiger partial charge < -0.3 is 10.6 Å². The lowest BCUT2D eigenvalue weighted by molar-refractivity contribution is -0.136. The van der Waals surface area contributed by atoms with Crippen molar-refractivity contribution in [3.8, 4) is 6.07 Å². The van der Waals surface area contributed by atoms with Crippen molar-refractivity contribution in [3.63, 3.8) is 0 Å². The molecule has 0 aromatic heterocycles. The third-order valence-electron chi connectivity index (χ3n) is 2.76. The number of benzene rings is 1. The number of hydrogen-bond acceptors (Lipinski definition) is 3. The van der Waals surface area contributed by atoms with Crippen molar-refractivity contribution in [1.82, 2.24) is 0 Å². The molecule has 1 aromatic rings. The molecular weight excluding hydrogens is 255 g/mol. The molecule has 0 spiro atoms. The topological polar surface area (TPSA) is 53.0 Å². The Morgan fingerprint density at radius 3 is 2.47 bits per heavy atom. The van der Waals surface area contributed by atoms with Gasteiger partial charge in [0.05, 0.1) is 18.1 Å². The maximum absolute atomic E-state index is 12.8. The number of nitriles is 1. The van der Waals surface area contributed by atoms with Gasteiger partial charge in [0.2, 0.25) is 0 Å². The van der Waals surface area contributed by atoms with Crippen molar-refractivity contribution in [3.05, 3.63) is 23.8 Å². The van der Waals surface area contributed by atoms with E-state index in [1.165, 1.54) is 6.07 Å². The van der Waals surface area contributed by atoms with E-state index in [2.05, 4.69) is 0 Å². The van der Waals surface area contributed by atoms with Crippen LogP contribution in [0.15, 0.2) is 18.2 Å². The van der Waals surface area contributed by atoms with E-state index in [1.54, 1.807) is 11.0 Å². The fourth-order valence-corrected chi connectivity index (χ4v) is 1.82. The monoisotopic (exact) mass is 271 g/mol. The van der Waals surface area contributed by atoms with Crippen molar-refractivity contribution >= 4 is 11.4 Å². The molecule has 19 heavy (non-hydrogen) atoms. The summed E-state index contributed by atoms with van der Waals surface area (Å²) in [6.07, 6.45) is -4.22. The Hall–Kier alpha value is -1.90. The molecular formula is C13H16F3N3. The average molecular weight is 271 g/mol. The van der Waals surface area contributed by atoms with Crippen molar-refractivity contribution in [2.45, 2.75) is 32.5 Å². The van der Waals surface area contributed by atoms with Crippen LogP contribution in [0.2, 0.25) is 0 Å². The minimum atomic E-state index is -4.47. The number of hydrogen-bond donors (Lipinski definition) is 1. The molecule has 1 rings (SSSR count). The molecule has 0 radical (unpaired) electrons. The molecule has 0 saturated carbocycles. The molecule has 0 amide bonds. The third kappa shape index (κ3) is 3.78. The molecule has 0 aliphatic heterocycles. The van der Waals surface area contributed by atoms with Gasteiger partial charge in [-0.2, -0.15) is 18.4 Å². The van der Waals surface area contributed by atoms with Gasteiger partial charge in [-0.1, -0.05) is 0 Å². The minimum Gasteiger partial charge on any atom is -0.398 e. The summed E-state index contributed by atoms with van der Waals surface area (Å²) in [7, 11) is 0. The highest BCUT2D eigenvalue weighted by molar-refractivity contribution is 5.60. The van der Waals surface area contributed by atoms with Crippen LogP contribution in [0.1, 0.15) is 25.8 Å². The largest absolute Gasteiger partial charge is 0.418 e. The van der Waals surface area contributed by atoms with Crippen LogP contribution < -0.4 is 10.6 Å². The van der Waals surface area contributed by atoms with Gasteiger partial charge in [-0.25, -0.2) is 0 Å². The highest BCUT2D eigenvalue weighted by Gasteiger charge is 2.33. The van der Waals surface area contributed by atoms with E-state index in [1.807, 2.05) is 19.9 Å². The summed E-state index contributed by atoms with van der Waals surface area (Å²) in [5, 5.41) is 8.60. The molecule has 104 valence electrons. The first-order chi connectivity index (χ1) is 8.77. The predicted octanol–water partition coefficient (Wildman–Crippen LogP) is 3.42. The maximum atomic E-state index is 12.8.